The topological polar surface area (TPSA) is 84.5 Å². The van der Waals surface area contributed by atoms with Gasteiger partial charge in [-0.1, -0.05) is 17.2 Å². The lowest BCUT2D eigenvalue weighted by molar-refractivity contribution is -0.123. The summed E-state index contributed by atoms with van der Waals surface area (Å²) in [5.74, 6) is -1.27. The number of carbonyl (C=O) groups is 3. The van der Waals surface area contributed by atoms with E-state index in [1.165, 1.54) is 0 Å². The number of rotatable bonds is 4. The fourth-order valence-corrected chi connectivity index (χ4v) is 1.67. The van der Waals surface area contributed by atoms with Crippen LogP contribution in [0.15, 0.2) is 18.2 Å². The third-order valence-electron chi connectivity index (χ3n) is 2.38. The first-order valence-electron chi connectivity index (χ1n) is 6.25. The van der Waals surface area contributed by atoms with Crippen molar-refractivity contribution in [3.63, 3.8) is 0 Å². The van der Waals surface area contributed by atoms with E-state index in [-0.39, 0.29) is 0 Å². The standard InChI is InChI=1S/C14H18N2O4/c1-4-15-14(19)16-12(17)8-20-13(18)11-6-9(2)5-10(3)7-11/h5-7H,4,8H2,1-3H3,(H2,15,16,17,19). The first-order valence-corrected chi connectivity index (χ1v) is 6.25. The molecule has 0 aliphatic rings. The minimum atomic E-state index is -0.673. The van der Waals surface area contributed by atoms with Crippen molar-refractivity contribution in [2.45, 2.75) is 20.8 Å². The molecule has 20 heavy (non-hydrogen) atoms. The fourth-order valence-electron chi connectivity index (χ4n) is 1.67. The summed E-state index contributed by atoms with van der Waals surface area (Å²) in [5, 5.41) is 4.44. The van der Waals surface area contributed by atoms with Gasteiger partial charge in [0.15, 0.2) is 6.61 Å². The number of amides is 3. The van der Waals surface area contributed by atoms with Crippen LogP contribution in [0, 0.1) is 13.8 Å². The molecule has 1 aromatic rings. The highest BCUT2D eigenvalue weighted by atomic mass is 16.5. The first kappa shape index (κ1) is 15.7. The van der Waals surface area contributed by atoms with E-state index < -0.39 is 24.5 Å². The molecule has 0 aromatic heterocycles. The van der Waals surface area contributed by atoms with Crippen LogP contribution < -0.4 is 10.6 Å². The smallest absolute Gasteiger partial charge is 0.338 e. The molecule has 0 aliphatic heterocycles. The summed E-state index contributed by atoms with van der Waals surface area (Å²) < 4.78 is 4.85. The molecule has 0 aliphatic carbocycles. The van der Waals surface area contributed by atoms with E-state index in [4.69, 9.17) is 4.74 Å². The number of hydrogen-bond acceptors (Lipinski definition) is 4. The maximum absolute atomic E-state index is 11.8. The van der Waals surface area contributed by atoms with Gasteiger partial charge in [-0.15, -0.1) is 0 Å². The van der Waals surface area contributed by atoms with Crippen molar-refractivity contribution in [3.05, 3.63) is 34.9 Å². The summed E-state index contributed by atoms with van der Waals surface area (Å²) in [7, 11) is 0. The number of hydrogen-bond donors (Lipinski definition) is 2. The predicted octanol–water partition coefficient (Wildman–Crippen LogP) is 1.31. The van der Waals surface area contributed by atoms with Crippen molar-refractivity contribution >= 4 is 17.9 Å². The Morgan fingerprint density at radius 3 is 2.25 bits per heavy atom. The van der Waals surface area contributed by atoms with E-state index in [2.05, 4.69) is 5.32 Å². The van der Waals surface area contributed by atoms with Crippen LogP contribution in [-0.2, 0) is 9.53 Å². The van der Waals surface area contributed by atoms with Gasteiger partial charge < -0.3 is 10.1 Å². The van der Waals surface area contributed by atoms with Crippen LogP contribution in [0.5, 0.6) is 0 Å². The van der Waals surface area contributed by atoms with Gasteiger partial charge in [0.05, 0.1) is 5.56 Å². The Morgan fingerprint density at radius 2 is 1.70 bits per heavy atom. The maximum Gasteiger partial charge on any atom is 0.338 e. The SMILES string of the molecule is CCNC(=O)NC(=O)COC(=O)c1cc(C)cc(C)c1. The van der Waals surface area contributed by atoms with Crippen molar-refractivity contribution in [1.29, 1.82) is 0 Å². The average Bonchev–Trinajstić information content (AvgIpc) is 2.35. The Bertz CT molecular complexity index is 506. The summed E-state index contributed by atoms with van der Waals surface area (Å²) in [6.45, 7) is 5.37. The number of urea groups is 1. The number of aryl methyl sites for hydroxylation is 2. The number of ether oxygens (including phenoxy) is 1. The van der Waals surface area contributed by atoms with Crippen molar-refractivity contribution in [2.24, 2.45) is 0 Å². The van der Waals surface area contributed by atoms with Crippen LogP contribution >= 0.6 is 0 Å². The van der Waals surface area contributed by atoms with E-state index in [0.717, 1.165) is 11.1 Å². The molecule has 0 radical (unpaired) electrons. The molecular formula is C14H18N2O4. The molecular weight excluding hydrogens is 260 g/mol. The predicted molar refractivity (Wildman–Crippen MR) is 73.4 cm³/mol. The minimum absolute atomic E-state index is 0.383. The van der Waals surface area contributed by atoms with E-state index in [1.807, 2.05) is 25.2 Å². The highest BCUT2D eigenvalue weighted by Crippen LogP contribution is 2.09. The molecule has 1 rings (SSSR count). The van der Waals surface area contributed by atoms with Crippen molar-refractivity contribution in [2.75, 3.05) is 13.2 Å². The third-order valence-corrected chi connectivity index (χ3v) is 2.38. The summed E-state index contributed by atoms with van der Waals surface area (Å²) in [5.41, 5.74) is 2.25. The molecule has 2 N–H and O–H groups in total. The van der Waals surface area contributed by atoms with Crippen molar-refractivity contribution in [1.82, 2.24) is 10.6 Å². The summed E-state index contributed by atoms with van der Waals surface area (Å²) in [6.07, 6.45) is 0. The van der Waals surface area contributed by atoms with Gasteiger partial charge in [0.1, 0.15) is 0 Å². The minimum Gasteiger partial charge on any atom is -0.452 e. The molecule has 0 unspecified atom stereocenters. The van der Waals surface area contributed by atoms with E-state index in [1.54, 1.807) is 19.1 Å². The quantitative estimate of drug-likeness (QED) is 0.813. The zero-order valence-corrected chi connectivity index (χ0v) is 11.8. The lowest BCUT2D eigenvalue weighted by Crippen LogP contribution is -2.41. The second kappa shape index (κ2) is 7.28. The molecule has 0 saturated heterocycles. The van der Waals surface area contributed by atoms with Gasteiger partial charge in [0.25, 0.3) is 5.91 Å². The van der Waals surface area contributed by atoms with Crippen molar-refractivity contribution < 1.29 is 19.1 Å². The number of carbonyl (C=O) groups excluding carboxylic acids is 3. The van der Waals surface area contributed by atoms with Gasteiger partial charge >= 0.3 is 12.0 Å². The molecule has 1 aromatic carbocycles. The molecule has 3 amide bonds. The Balaban J connectivity index is 2.50. The Labute approximate surface area is 117 Å². The average molecular weight is 278 g/mol. The third kappa shape index (κ3) is 5.09. The summed E-state index contributed by atoms with van der Waals surface area (Å²) in [6, 6.07) is 4.67. The molecule has 0 spiro atoms. The maximum atomic E-state index is 11.8. The van der Waals surface area contributed by atoms with Crippen LogP contribution in [-0.4, -0.2) is 31.1 Å². The second-order valence-corrected chi connectivity index (χ2v) is 4.36. The Kier molecular flexibility index (Phi) is 5.71. The van der Waals surface area contributed by atoms with Crippen molar-refractivity contribution in [3.8, 4) is 0 Å². The molecule has 6 nitrogen and oxygen atoms in total. The van der Waals surface area contributed by atoms with Crippen LogP contribution in [0.3, 0.4) is 0 Å². The van der Waals surface area contributed by atoms with E-state index in [0.29, 0.717) is 12.1 Å². The highest BCUT2D eigenvalue weighted by molar-refractivity contribution is 5.97. The van der Waals surface area contributed by atoms with Gasteiger partial charge in [-0.2, -0.15) is 0 Å². The zero-order chi connectivity index (χ0) is 15.1. The summed E-state index contributed by atoms with van der Waals surface area (Å²) >= 11 is 0. The van der Waals surface area contributed by atoms with Crippen LogP contribution in [0.25, 0.3) is 0 Å². The molecule has 0 fully saturated rings. The molecule has 0 heterocycles. The second-order valence-electron chi connectivity index (χ2n) is 4.36. The van der Waals surface area contributed by atoms with Gasteiger partial charge in [-0.3, -0.25) is 10.1 Å². The summed E-state index contributed by atoms with van der Waals surface area (Å²) in [4.78, 5) is 34.2. The van der Waals surface area contributed by atoms with Crippen LogP contribution in [0.4, 0.5) is 4.79 Å². The number of esters is 1. The fraction of sp³-hybridized carbons (Fsp3) is 0.357. The van der Waals surface area contributed by atoms with Gasteiger partial charge in [-0.05, 0) is 32.9 Å². The normalized spacial score (nSPS) is 9.75. The van der Waals surface area contributed by atoms with Gasteiger partial charge in [-0.25, -0.2) is 9.59 Å². The van der Waals surface area contributed by atoms with Gasteiger partial charge in [0.2, 0.25) is 0 Å². The molecule has 6 heteroatoms. The van der Waals surface area contributed by atoms with Crippen LogP contribution in [0.2, 0.25) is 0 Å². The number of benzene rings is 1. The van der Waals surface area contributed by atoms with E-state index >= 15 is 0 Å². The molecule has 0 bridgehead atoms. The number of imide groups is 1. The van der Waals surface area contributed by atoms with E-state index in [9.17, 15) is 14.4 Å². The largest absolute Gasteiger partial charge is 0.452 e. The monoisotopic (exact) mass is 278 g/mol. The Hall–Kier alpha value is -2.37. The lowest BCUT2D eigenvalue weighted by atomic mass is 10.1. The van der Waals surface area contributed by atoms with Crippen LogP contribution in [0.1, 0.15) is 28.4 Å². The zero-order valence-electron chi connectivity index (χ0n) is 11.8. The molecule has 0 saturated carbocycles. The van der Waals surface area contributed by atoms with Gasteiger partial charge in [0, 0.05) is 6.54 Å². The number of nitrogens with one attached hydrogen (secondary N) is 2. The first-order chi connectivity index (χ1) is 9.42. The lowest BCUT2D eigenvalue weighted by Gasteiger charge is -2.07. The Morgan fingerprint density at radius 1 is 1.10 bits per heavy atom. The highest BCUT2D eigenvalue weighted by Gasteiger charge is 2.12. The molecule has 0 atom stereocenters. The molecule has 108 valence electrons.